The summed E-state index contributed by atoms with van der Waals surface area (Å²) >= 11 is 0. The van der Waals surface area contributed by atoms with Gasteiger partial charge in [-0.05, 0) is 36.1 Å². The highest BCUT2D eigenvalue weighted by Crippen LogP contribution is 2.33. The fraction of sp³-hybridized carbons (Fsp3) is 0.467. The highest BCUT2D eigenvalue weighted by Gasteiger charge is 2.21. The molecule has 1 aromatic carbocycles. The van der Waals surface area contributed by atoms with Crippen LogP contribution in [0.4, 0.5) is 0 Å². The fourth-order valence-electron chi connectivity index (χ4n) is 2.15. The topological polar surface area (TPSA) is 9.23 Å². The summed E-state index contributed by atoms with van der Waals surface area (Å²) in [5, 5.41) is 0. The Labute approximate surface area is 105 Å². The number of ether oxygens (including phenoxy) is 1. The van der Waals surface area contributed by atoms with Gasteiger partial charge in [0.05, 0.1) is 6.10 Å². The van der Waals surface area contributed by atoms with E-state index in [2.05, 4.69) is 49.3 Å². The van der Waals surface area contributed by atoms with E-state index in [0.29, 0.717) is 0 Å². The maximum Gasteiger partial charge on any atom is 0.129 e. The molecule has 0 amide bonds. The zero-order chi connectivity index (χ0) is 12.5. The molecule has 17 heavy (non-hydrogen) atoms. The lowest BCUT2D eigenvalue weighted by Gasteiger charge is -2.09. The van der Waals surface area contributed by atoms with Crippen molar-refractivity contribution in [2.45, 2.75) is 38.6 Å². The number of hydrogen-bond donors (Lipinski definition) is 0. The van der Waals surface area contributed by atoms with Crippen LogP contribution >= 0.6 is 0 Å². The summed E-state index contributed by atoms with van der Waals surface area (Å²) in [5.74, 6) is 3.32. The second-order valence-corrected chi connectivity index (χ2v) is 10.4. The summed E-state index contributed by atoms with van der Waals surface area (Å²) in [7, 11) is 0.509. The SMILES string of the molecule is COC1CCc2ccc(C#C[Si](C)(C)C)cc21. The smallest absolute Gasteiger partial charge is 0.129 e. The average molecular weight is 244 g/mol. The lowest BCUT2D eigenvalue weighted by Crippen LogP contribution is -2.16. The van der Waals surface area contributed by atoms with Crippen LogP contribution in [0.1, 0.15) is 29.2 Å². The second kappa shape index (κ2) is 4.68. The van der Waals surface area contributed by atoms with Crippen molar-refractivity contribution in [2.75, 3.05) is 7.11 Å². The van der Waals surface area contributed by atoms with Crippen molar-refractivity contribution in [3.05, 3.63) is 34.9 Å². The molecule has 0 fully saturated rings. The highest BCUT2D eigenvalue weighted by atomic mass is 28.3. The molecule has 90 valence electrons. The predicted molar refractivity (Wildman–Crippen MR) is 74.7 cm³/mol. The lowest BCUT2D eigenvalue weighted by atomic mass is 10.1. The molecular formula is C15H20OSi. The van der Waals surface area contributed by atoms with Gasteiger partial charge in [0.2, 0.25) is 0 Å². The van der Waals surface area contributed by atoms with Crippen molar-refractivity contribution in [3.8, 4) is 11.5 Å². The van der Waals surface area contributed by atoms with Gasteiger partial charge < -0.3 is 4.74 Å². The van der Waals surface area contributed by atoms with E-state index in [1.165, 1.54) is 11.1 Å². The third kappa shape index (κ3) is 2.99. The normalized spacial score (nSPS) is 18.5. The summed E-state index contributed by atoms with van der Waals surface area (Å²) < 4.78 is 5.50. The highest BCUT2D eigenvalue weighted by molar-refractivity contribution is 6.83. The Morgan fingerprint density at radius 3 is 2.71 bits per heavy atom. The van der Waals surface area contributed by atoms with Crippen LogP contribution in [0.3, 0.4) is 0 Å². The Morgan fingerprint density at radius 1 is 1.29 bits per heavy atom. The molecule has 2 rings (SSSR count). The summed E-state index contributed by atoms with van der Waals surface area (Å²) in [6, 6.07) is 6.57. The van der Waals surface area contributed by atoms with Gasteiger partial charge in [-0.25, -0.2) is 0 Å². The molecule has 1 aliphatic carbocycles. The molecule has 0 heterocycles. The largest absolute Gasteiger partial charge is 0.377 e. The second-order valence-electron chi connectivity index (χ2n) is 5.68. The molecule has 0 spiro atoms. The first kappa shape index (κ1) is 12.4. The van der Waals surface area contributed by atoms with Gasteiger partial charge in [0.15, 0.2) is 0 Å². The van der Waals surface area contributed by atoms with Gasteiger partial charge in [-0.15, -0.1) is 5.54 Å². The van der Waals surface area contributed by atoms with E-state index in [4.69, 9.17) is 4.74 Å². The van der Waals surface area contributed by atoms with E-state index in [0.717, 1.165) is 18.4 Å². The monoisotopic (exact) mass is 244 g/mol. The van der Waals surface area contributed by atoms with Crippen LogP contribution in [-0.2, 0) is 11.2 Å². The summed E-state index contributed by atoms with van der Waals surface area (Å²) in [5.41, 5.74) is 7.31. The van der Waals surface area contributed by atoms with E-state index in [9.17, 15) is 0 Å². The Bertz CT molecular complexity index is 474. The van der Waals surface area contributed by atoms with Gasteiger partial charge >= 0.3 is 0 Å². The zero-order valence-electron chi connectivity index (χ0n) is 11.1. The summed E-state index contributed by atoms with van der Waals surface area (Å²) in [6.07, 6.45) is 2.52. The molecule has 0 bridgehead atoms. The van der Waals surface area contributed by atoms with Crippen molar-refractivity contribution in [1.82, 2.24) is 0 Å². The van der Waals surface area contributed by atoms with Gasteiger partial charge in [0, 0.05) is 12.7 Å². The Morgan fingerprint density at radius 2 is 2.06 bits per heavy atom. The van der Waals surface area contributed by atoms with Gasteiger partial charge in [0.25, 0.3) is 0 Å². The molecule has 0 saturated carbocycles. The van der Waals surface area contributed by atoms with Crippen LogP contribution in [0.5, 0.6) is 0 Å². The third-order valence-corrected chi connectivity index (χ3v) is 3.91. The molecule has 2 heteroatoms. The van der Waals surface area contributed by atoms with E-state index in [-0.39, 0.29) is 6.10 Å². The molecule has 0 aliphatic heterocycles. The van der Waals surface area contributed by atoms with Crippen molar-refractivity contribution in [3.63, 3.8) is 0 Å². The first-order chi connectivity index (χ1) is 7.99. The predicted octanol–water partition coefficient (Wildman–Crippen LogP) is 3.55. The number of methoxy groups -OCH3 is 1. The van der Waals surface area contributed by atoms with Crippen LogP contribution in [0.15, 0.2) is 18.2 Å². The van der Waals surface area contributed by atoms with E-state index in [1.807, 2.05) is 0 Å². The Balaban J connectivity index is 2.30. The molecule has 1 atom stereocenters. The van der Waals surface area contributed by atoms with Crippen molar-refractivity contribution in [2.24, 2.45) is 0 Å². The van der Waals surface area contributed by atoms with Crippen LogP contribution in [0.2, 0.25) is 19.6 Å². The van der Waals surface area contributed by atoms with E-state index < -0.39 is 8.07 Å². The molecule has 1 aliphatic rings. The minimum absolute atomic E-state index is 0.277. The van der Waals surface area contributed by atoms with Crippen molar-refractivity contribution < 1.29 is 4.74 Å². The van der Waals surface area contributed by atoms with Crippen LogP contribution in [0, 0.1) is 11.5 Å². The minimum Gasteiger partial charge on any atom is -0.377 e. The van der Waals surface area contributed by atoms with Gasteiger partial charge in [0.1, 0.15) is 8.07 Å². The van der Waals surface area contributed by atoms with Crippen molar-refractivity contribution >= 4 is 8.07 Å². The van der Waals surface area contributed by atoms with Gasteiger partial charge in [-0.2, -0.15) is 0 Å². The lowest BCUT2D eigenvalue weighted by molar-refractivity contribution is 0.105. The summed E-state index contributed by atoms with van der Waals surface area (Å²) in [4.78, 5) is 0. The van der Waals surface area contributed by atoms with E-state index in [1.54, 1.807) is 7.11 Å². The Hall–Kier alpha value is -1.04. The molecule has 0 saturated heterocycles. The summed E-state index contributed by atoms with van der Waals surface area (Å²) in [6.45, 7) is 6.81. The quantitative estimate of drug-likeness (QED) is 0.542. The third-order valence-electron chi connectivity index (χ3n) is 3.03. The Kier molecular flexibility index (Phi) is 3.42. The fourth-order valence-corrected chi connectivity index (χ4v) is 2.67. The molecular weight excluding hydrogens is 224 g/mol. The molecule has 0 N–H and O–H groups in total. The first-order valence-electron chi connectivity index (χ1n) is 6.18. The molecule has 0 aromatic heterocycles. The van der Waals surface area contributed by atoms with Crippen molar-refractivity contribution in [1.29, 1.82) is 0 Å². The molecule has 1 unspecified atom stereocenters. The van der Waals surface area contributed by atoms with Gasteiger partial charge in [-0.1, -0.05) is 31.6 Å². The standard InChI is InChI=1S/C15H20OSi/c1-16-15-8-7-13-6-5-12(11-14(13)15)9-10-17(2,3)4/h5-6,11,15H,7-8H2,1-4H3. The first-order valence-corrected chi connectivity index (χ1v) is 9.68. The molecule has 1 aromatic rings. The maximum atomic E-state index is 5.50. The van der Waals surface area contributed by atoms with Crippen LogP contribution in [-0.4, -0.2) is 15.2 Å². The number of benzene rings is 1. The average Bonchev–Trinajstić information content (AvgIpc) is 2.67. The van der Waals surface area contributed by atoms with Crippen LogP contribution in [0.25, 0.3) is 0 Å². The number of rotatable bonds is 1. The number of fused-ring (bicyclic) bond motifs is 1. The van der Waals surface area contributed by atoms with Crippen LogP contribution < -0.4 is 0 Å². The number of hydrogen-bond acceptors (Lipinski definition) is 1. The maximum absolute atomic E-state index is 5.50. The van der Waals surface area contributed by atoms with E-state index >= 15 is 0 Å². The minimum atomic E-state index is -1.28. The number of aryl methyl sites for hydroxylation is 1. The van der Waals surface area contributed by atoms with Gasteiger partial charge in [-0.3, -0.25) is 0 Å². The zero-order valence-corrected chi connectivity index (χ0v) is 12.1. The molecule has 1 nitrogen and oxygen atoms in total. The molecule has 0 radical (unpaired) electrons.